The molecule has 6 nitrogen and oxygen atoms in total. The van der Waals surface area contributed by atoms with Crippen LogP contribution in [0.1, 0.15) is 19.3 Å². The van der Waals surface area contributed by atoms with Gasteiger partial charge in [0.05, 0.1) is 4.92 Å². The minimum Gasteiger partial charge on any atom is -0.330 e. The van der Waals surface area contributed by atoms with Gasteiger partial charge in [-0.2, -0.15) is 0 Å². The van der Waals surface area contributed by atoms with Crippen molar-refractivity contribution in [2.24, 2.45) is 17.6 Å². The van der Waals surface area contributed by atoms with Crippen molar-refractivity contribution >= 4 is 17.3 Å². The Labute approximate surface area is 111 Å². The molecule has 1 fully saturated rings. The fourth-order valence-electron chi connectivity index (χ4n) is 2.60. The van der Waals surface area contributed by atoms with Gasteiger partial charge in [0.2, 0.25) is 5.91 Å². The summed E-state index contributed by atoms with van der Waals surface area (Å²) in [5.74, 6) is 0.0522. The molecule has 19 heavy (non-hydrogen) atoms. The van der Waals surface area contributed by atoms with Crippen LogP contribution in [0.15, 0.2) is 24.3 Å². The second-order valence-electron chi connectivity index (χ2n) is 4.83. The van der Waals surface area contributed by atoms with Crippen LogP contribution in [-0.2, 0) is 4.79 Å². The molecular formula is C13H17N3O3. The minimum absolute atomic E-state index is 0.0282. The van der Waals surface area contributed by atoms with Crippen molar-refractivity contribution < 1.29 is 9.72 Å². The molecule has 0 aromatic heterocycles. The fourth-order valence-corrected chi connectivity index (χ4v) is 2.60. The van der Waals surface area contributed by atoms with Crippen molar-refractivity contribution in [1.82, 2.24) is 0 Å². The summed E-state index contributed by atoms with van der Waals surface area (Å²) in [5.41, 5.74) is 6.08. The molecule has 0 heterocycles. The second-order valence-corrected chi connectivity index (χ2v) is 4.83. The first-order valence-corrected chi connectivity index (χ1v) is 6.37. The van der Waals surface area contributed by atoms with Gasteiger partial charge in [0.15, 0.2) is 0 Å². The van der Waals surface area contributed by atoms with E-state index in [9.17, 15) is 14.9 Å². The van der Waals surface area contributed by atoms with Crippen LogP contribution in [-0.4, -0.2) is 17.4 Å². The molecule has 1 aromatic carbocycles. The molecule has 0 radical (unpaired) electrons. The highest BCUT2D eigenvalue weighted by Crippen LogP contribution is 2.32. The third-order valence-corrected chi connectivity index (χ3v) is 3.62. The maximum Gasteiger partial charge on any atom is 0.271 e. The molecule has 1 saturated carbocycles. The van der Waals surface area contributed by atoms with E-state index in [4.69, 9.17) is 5.73 Å². The molecule has 1 aromatic rings. The average Bonchev–Trinajstić information content (AvgIpc) is 2.87. The lowest BCUT2D eigenvalue weighted by Crippen LogP contribution is -2.29. The minimum atomic E-state index is -0.478. The van der Waals surface area contributed by atoms with E-state index in [1.165, 1.54) is 12.1 Å². The standard InChI is InChI=1S/C13H17N3O3/c14-8-9-3-1-6-12(9)13(17)15-10-4-2-5-11(7-10)16(18)19/h2,4-5,7,9,12H,1,3,6,8,14H2,(H,15,17). The number of carbonyl (C=O) groups is 1. The third-order valence-electron chi connectivity index (χ3n) is 3.62. The van der Waals surface area contributed by atoms with Crippen molar-refractivity contribution in [3.8, 4) is 0 Å². The molecule has 2 rings (SSSR count). The molecule has 6 heteroatoms. The zero-order valence-corrected chi connectivity index (χ0v) is 10.5. The number of rotatable bonds is 4. The predicted octanol–water partition coefficient (Wildman–Crippen LogP) is 1.91. The van der Waals surface area contributed by atoms with Crippen LogP contribution < -0.4 is 11.1 Å². The topological polar surface area (TPSA) is 98.3 Å². The van der Waals surface area contributed by atoms with Crippen molar-refractivity contribution in [2.45, 2.75) is 19.3 Å². The molecule has 1 aliphatic rings. The molecule has 0 bridgehead atoms. The number of nitrogens with zero attached hydrogens (tertiary/aromatic N) is 1. The van der Waals surface area contributed by atoms with Gasteiger partial charge in [0.1, 0.15) is 0 Å². The summed E-state index contributed by atoms with van der Waals surface area (Å²) < 4.78 is 0. The molecule has 0 saturated heterocycles. The van der Waals surface area contributed by atoms with E-state index >= 15 is 0 Å². The smallest absolute Gasteiger partial charge is 0.271 e. The van der Waals surface area contributed by atoms with Crippen molar-refractivity contribution in [3.05, 3.63) is 34.4 Å². The zero-order chi connectivity index (χ0) is 13.8. The Morgan fingerprint density at radius 3 is 2.95 bits per heavy atom. The van der Waals surface area contributed by atoms with Gasteiger partial charge < -0.3 is 11.1 Å². The molecule has 0 spiro atoms. The summed E-state index contributed by atoms with van der Waals surface area (Å²) in [6.45, 7) is 0.507. The summed E-state index contributed by atoms with van der Waals surface area (Å²) in [6, 6.07) is 5.97. The molecular weight excluding hydrogens is 246 g/mol. The number of hydrogen-bond donors (Lipinski definition) is 2. The van der Waals surface area contributed by atoms with E-state index in [0.29, 0.717) is 12.2 Å². The first-order chi connectivity index (χ1) is 9.11. The van der Waals surface area contributed by atoms with E-state index in [-0.39, 0.29) is 23.4 Å². The number of nitrogens with one attached hydrogen (secondary N) is 1. The average molecular weight is 263 g/mol. The molecule has 2 unspecified atom stereocenters. The Balaban J connectivity index is 2.06. The van der Waals surface area contributed by atoms with Crippen molar-refractivity contribution in [3.63, 3.8) is 0 Å². The Kier molecular flexibility index (Phi) is 4.11. The van der Waals surface area contributed by atoms with Crippen molar-refractivity contribution in [2.75, 3.05) is 11.9 Å². The number of benzene rings is 1. The number of amides is 1. The molecule has 1 amide bonds. The van der Waals surface area contributed by atoms with E-state index in [0.717, 1.165) is 19.3 Å². The summed E-state index contributed by atoms with van der Waals surface area (Å²) in [6.07, 6.45) is 2.82. The Morgan fingerprint density at radius 1 is 1.47 bits per heavy atom. The monoisotopic (exact) mass is 263 g/mol. The molecule has 1 aliphatic carbocycles. The number of anilines is 1. The number of nitro groups is 1. The SMILES string of the molecule is NCC1CCCC1C(=O)Nc1cccc([N+](=O)[O-])c1. The van der Waals surface area contributed by atoms with Crippen LogP contribution in [0, 0.1) is 22.0 Å². The van der Waals surface area contributed by atoms with Gasteiger partial charge in [-0.25, -0.2) is 0 Å². The highest BCUT2D eigenvalue weighted by molar-refractivity contribution is 5.93. The molecule has 0 aliphatic heterocycles. The van der Waals surface area contributed by atoms with Crippen LogP contribution in [0.5, 0.6) is 0 Å². The second kappa shape index (κ2) is 5.79. The van der Waals surface area contributed by atoms with Gasteiger partial charge in [0, 0.05) is 23.7 Å². The van der Waals surface area contributed by atoms with Gasteiger partial charge >= 0.3 is 0 Å². The van der Waals surface area contributed by atoms with Gasteiger partial charge in [0.25, 0.3) is 5.69 Å². The summed E-state index contributed by atoms with van der Waals surface area (Å²) in [4.78, 5) is 22.3. The van der Waals surface area contributed by atoms with Crippen LogP contribution in [0.4, 0.5) is 11.4 Å². The Morgan fingerprint density at radius 2 is 2.26 bits per heavy atom. The fraction of sp³-hybridized carbons (Fsp3) is 0.462. The maximum atomic E-state index is 12.1. The summed E-state index contributed by atoms with van der Waals surface area (Å²) >= 11 is 0. The molecule has 3 N–H and O–H groups in total. The Hall–Kier alpha value is -1.95. The van der Waals surface area contributed by atoms with Crippen LogP contribution in [0.25, 0.3) is 0 Å². The highest BCUT2D eigenvalue weighted by Gasteiger charge is 2.31. The van der Waals surface area contributed by atoms with Crippen LogP contribution in [0.3, 0.4) is 0 Å². The Bertz CT molecular complexity index is 490. The number of hydrogen-bond acceptors (Lipinski definition) is 4. The van der Waals surface area contributed by atoms with Gasteiger partial charge in [-0.15, -0.1) is 0 Å². The van der Waals surface area contributed by atoms with Gasteiger partial charge in [-0.3, -0.25) is 14.9 Å². The molecule has 2 atom stereocenters. The lowest BCUT2D eigenvalue weighted by Gasteiger charge is -2.17. The first kappa shape index (κ1) is 13.5. The lowest BCUT2D eigenvalue weighted by atomic mass is 9.95. The third kappa shape index (κ3) is 3.08. The zero-order valence-electron chi connectivity index (χ0n) is 10.5. The highest BCUT2D eigenvalue weighted by atomic mass is 16.6. The van der Waals surface area contributed by atoms with Gasteiger partial charge in [-0.1, -0.05) is 12.5 Å². The molecule has 102 valence electrons. The quantitative estimate of drug-likeness (QED) is 0.640. The number of nitro benzene ring substituents is 1. The van der Waals surface area contributed by atoms with Crippen LogP contribution in [0.2, 0.25) is 0 Å². The number of nitrogens with two attached hydrogens (primary N) is 1. The van der Waals surface area contributed by atoms with Crippen molar-refractivity contribution in [1.29, 1.82) is 0 Å². The normalized spacial score (nSPS) is 22.2. The summed E-state index contributed by atoms with van der Waals surface area (Å²) in [7, 11) is 0. The maximum absolute atomic E-state index is 12.1. The van der Waals surface area contributed by atoms with Crippen LogP contribution >= 0.6 is 0 Å². The van der Waals surface area contributed by atoms with E-state index in [1.54, 1.807) is 12.1 Å². The number of non-ortho nitro benzene ring substituents is 1. The van der Waals surface area contributed by atoms with E-state index < -0.39 is 4.92 Å². The van der Waals surface area contributed by atoms with E-state index in [1.807, 2.05) is 0 Å². The van der Waals surface area contributed by atoms with Gasteiger partial charge in [-0.05, 0) is 31.4 Å². The summed E-state index contributed by atoms with van der Waals surface area (Å²) in [5, 5.41) is 13.4. The lowest BCUT2D eigenvalue weighted by molar-refractivity contribution is -0.384. The largest absolute Gasteiger partial charge is 0.330 e. The first-order valence-electron chi connectivity index (χ1n) is 6.37. The predicted molar refractivity (Wildman–Crippen MR) is 71.6 cm³/mol. The number of carbonyl (C=O) groups excluding carboxylic acids is 1. The van der Waals surface area contributed by atoms with E-state index in [2.05, 4.69) is 5.32 Å².